The van der Waals surface area contributed by atoms with Gasteiger partial charge in [0.2, 0.25) is 0 Å². The summed E-state index contributed by atoms with van der Waals surface area (Å²) >= 11 is 0. The number of carbonyl (C=O) groups excluding carboxylic acids is 1. The monoisotopic (exact) mass is 542 g/mol. The minimum atomic E-state index is -0.291. The third kappa shape index (κ3) is 5.17. The number of morpholine rings is 1. The lowest BCUT2D eigenvalue weighted by molar-refractivity contribution is 0.0639. The second-order valence-corrected chi connectivity index (χ2v) is 9.79. The standard InChI is InChI=1S/C30H34N6O4/c1-18-12-26(39-5)25(30(38)34-18)16-33-29(37)24-15-23-13-22(21-6-7-32-27(14-21)31-4)17-36(23)28(19(24)2)20(3)35-8-10-40-11-9-35/h6-7,12-15,17H,3,8-11,16H2,1-2,4-5H3,(H,31,32)(H,33,37)(H,34,38). The number of carbonyl (C=O) groups is 1. The van der Waals surface area contributed by atoms with Crippen LogP contribution in [-0.2, 0) is 11.3 Å². The summed E-state index contributed by atoms with van der Waals surface area (Å²) < 4.78 is 13.0. The number of aromatic nitrogens is 3. The zero-order chi connectivity index (χ0) is 28.4. The highest BCUT2D eigenvalue weighted by atomic mass is 16.5. The van der Waals surface area contributed by atoms with Crippen LogP contribution < -0.4 is 20.9 Å². The van der Waals surface area contributed by atoms with E-state index in [0.717, 1.165) is 52.5 Å². The summed E-state index contributed by atoms with van der Waals surface area (Å²) in [6.07, 6.45) is 3.83. The summed E-state index contributed by atoms with van der Waals surface area (Å²) in [5.41, 5.74) is 6.57. The van der Waals surface area contributed by atoms with Crippen molar-refractivity contribution in [2.24, 2.45) is 0 Å². The fourth-order valence-corrected chi connectivity index (χ4v) is 5.13. The molecule has 40 heavy (non-hydrogen) atoms. The first-order valence-corrected chi connectivity index (χ1v) is 13.2. The van der Waals surface area contributed by atoms with Crippen LogP contribution in [0.25, 0.3) is 22.3 Å². The van der Waals surface area contributed by atoms with Crippen LogP contribution in [0.2, 0.25) is 0 Å². The molecule has 0 bridgehead atoms. The molecule has 0 atom stereocenters. The fraction of sp³-hybridized carbons (Fsp3) is 0.300. The molecule has 1 aliphatic heterocycles. The SMILES string of the molecule is C=C(c1c(C)c(C(=O)NCc2c(OC)cc(C)[nH]c2=O)cc2cc(-c3ccnc(NC)c3)cn12)N1CCOCC1. The summed E-state index contributed by atoms with van der Waals surface area (Å²) in [6.45, 7) is 10.9. The molecule has 0 aliphatic carbocycles. The number of fused-ring (bicyclic) bond motifs is 1. The number of ether oxygens (including phenoxy) is 2. The number of pyridine rings is 3. The summed E-state index contributed by atoms with van der Waals surface area (Å²) in [7, 11) is 3.34. The van der Waals surface area contributed by atoms with Crippen LogP contribution in [0.3, 0.4) is 0 Å². The highest BCUT2D eigenvalue weighted by Gasteiger charge is 2.23. The number of hydrogen-bond acceptors (Lipinski definition) is 7. The minimum Gasteiger partial charge on any atom is -0.496 e. The Kier molecular flexibility index (Phi) is 7.61. The lowest BCUT2D eigenvalue weighted by atomic mass is 10.0. The molecular formula is C30H34N6O4. The van der Waals surface area contributed by atoms with Crippen molar-refractivity contribution >= 4 is 22.9 Å². The lowest BCUT2D eigenvalue weighted by Crippen LogP contribution is -2.35. The number of nitrogens with zero attached hydrogens (tertiary/aromatic N) is 3. The summed E-state index contributed by atoms with van der Waals surface area (Å²) in [5.74, 6) is 0.912. The number of anilines is 1. The molecule has 208 valence electrons. The Bertz CT molecular complexity index is 1650. The topological polar surface area (TPSA) is 113 Å². The van der Waals surface area contributed by atoms with E-state index in [9.17, 15) is 9.59 Å². The van der Waals surface area contributed by atoms with Gasteiger partial charge in [-0.2, -0.15) is 0 Å². The van der Waals surface area contributed by atoms with Crippen LogP contribution >= 0.6 is 0 Å². The van der Waals surface area contributed by atoms with E-state index in [0.29, 0.717) is 35.8 Å². The molecule has 5 rings (SSSR count). The zero-order valence-corrected chi connectivity index (χ0v) is 23.3. The van der Waals surface area contributed by atoms with Gasteiger partial charge in [0.15, 0.2) is 0 Å². The summed E-state index contributed by atoms with van der Waals surface area (Å²) in [5, 5.41) is 6.01. The van der Waals surface area contributed by atoms with Crippen molar-refractivity contribution in [3.8, 4) is 16.9 Å². The van der Waals surface area contributed by atoms with E-state index in [-0.39, 0.29) is 18.0 Å². The van der Waals surface area contributed by atoms with Crippen LogP contribution in [0.4, 0.5) is 5.82 Å². The Hall–Kier alpha value is -4.57. The van der Waals surface area contributed by atoms with E-state index in [1.165, 1.54) is 7.11 Å². The van der Waals surface area contributed by atoms with Crippen molar-refractivity contribution in [3.05, 3.63) is 87.7 Å². The van der Waals surface area contributed by atoms with Gasteiger partial charge in [-0.25, -0.2) is 4.98 Å². The van der Waals surface area contributed by atoms with E-state index in [2.05, 4.69) is 48.7 Å². The molecule has 5 heterocycles. The van der Waals surface area contributed by atoms with Crippen LogP contribution in [0.15, 0.2) is 54.1 Å². The third-order valence-electron chi connectivity index (χ3n) is 7.28. The van der Waals surface area contributed by atoms with E-state index >= 15 is 0 Å². The highest BCUT2D eigenvalue weighted by molar-refractivity contribution is 5.98. The molecule has 10 heteroatoms. The van der Waals surface area contributed by atoms with Gasteiger partial charge in [0.25, 0.3) is 11.5 Å². The maximum absolute atomic E-state index is 13.6. The van der Waals surface area contributed by atoms with E-state index in [4.69, 9.17) is 9.47 Å². The first-order chi connectivity index (χ1) is 19.3. The van der Waals surface area contributed by atoms with Crippen molar-refractivity contribution in [2.45, 2.75) is 20.4 Å². The Labute approximate surface area is 232 Å². The number of aromatic amines is 1. The first-order valence-electron chi connectivity index (χ1n) is 13.2. The molecule has 1 aliphatic rings. The van der Waals surface area contributed by atoms with E-state index < -0.39 is 0 Å². The molecule has 1 fully saturated rings. The number of methoxy groups -OCH3 is 1. The number of H-pyrrole nitrogens is 1. The van der Waals surface area contributed by atoms with Gasteiger partial charge in [-0.05, 0) is 55.3 Å². The molecule has 1 amide bonds. The third-order valence-corrected chi connectivity index (χ3v) is 7.28. The largest absolute Gasteiger partial charge is 0.496 e. The maximum Gasteiger partial charge on any atom is 0.256 e. The van der Waals surface area contributed by atoms with Crippen LogP contribution in [0.1, 0.15) is 32.9 Å². The first kappa shape index (κ1) is 27.0. The molecule has 0 aromatic carbocycles. The predicted octanol–water partition coefficient (Wildman–Crippen LogP) is 3.59. The van der Waals surface area contributed by atoms with Crippen molar-refractivity contribution in [1.82, 2.24) is 24.6 Å². The van der Waals surface area contributed by atoms with Gasteiger partial charge in [-0.15, -0.1) is 0 Å². The van der Waals surface area contributed by atoms with Gasteiger partial charge >= 0.3 is 0 Å². The Morgan fingerprint density at radius 3 is 2.67 bits per heavy atom. The second-order valence-electron chi connectivity index (χ2n) is 9.79. The fourth-order valence-electron chi connectivity index (χ4n) is 5.13. The summed E-state index contributed by atoms with van der Waals surface area (Å²) in [6, 6.07) is 9.61. The van der Waals surface area contributed by atoms with Crippen molar-refractivity contribution in [1.29, 1.82) is 0 Å². The van der Waals surface area contributed by atoms with Crippen molar-refractivity contribution in [2.75, 3.05) is 45.8 Å². The molecule has 4 aromatic rings. The molecule has 0 saturated carbocycles. The van der Waals surface area contributed by atoms with Gasteiger partial charge in [-0.3, -0.25) is 9.59 Å². The van der Waals surface area contributed by atoms with Crippen molar-refractivity contribution < 1.29 is 14.3 Å². The predicted molar refractivity (Wildman–Crippen MR) is 156 cm³/mol. The summed E-state index contributed by atoms with van der Waals surface area (Å²) in [4.78, 5) is 35.5. The number of hydrogen-bond donors (Lipinski definition) is 3. The van der Waals surface area contributed by atoms with Crippen molar-refractivity contribution in [3.63, 3.8) is 0 Å². The average Bonchev–Trinajstić information content (AvgIpc) is 3.39. The van der Waals surface area contributed by atoms with Gasteiger partial charge < -0.3 is 34.4 Å². The average molecular weight is 543 g/mol. The van der Waals surface area contributed by atoms with Gasteiger partial charge in [0, 0.05) is 54.9 Å². The molecule has 3 N–H and O–H groups in total. The minimum absolute atomic E-state index is 0.0258. The Balaban J connectivity index is 1.57. The molecule has 0 radical (unpaired) electrons. The highest BCUT2D eigenvalue weighted by Crippen LogP contribution is 2.31. The van der Waals surface area contributed by atoms with Crippen LogP contribution in [0.5, 0.6) is 5.75 Å². The van der Waals surface area contributed by atoms with Crippen LogP contribution in [-0.4, -0.2) is 65.6 Å². The number of amides is 1. The van der Waals surface area contributed by atoms with E-state index in [1.807, 2.05) is 32.2 Å². The number of aryl methyl sites for hydroxylation is 1. The van der Waals surface area contributed by atoms with Gasteiger partial charge in [0.05, 0.1) is 43.8 Å². The number of nitrogens with one attached hydrogen (secondary N) is 3. The second kappa shape index (κ2) is 11.3. The molecule has 4 aromatic heterocycles. The Morgan fingerprint density at radius 2 is 1.95 bits per heavy atom. The molecule has 0 spiro atoms. The van der Waals surface area contributed by atoms with Crippen LogP contribution in [0, 0.1) is 13.8 Å². The zero-order valence-electron chi connectivity index (χ0n) is 23.3. The Morgan fingerprint density at radius 1 is 1.18 bits per heavy atom. The molecular weight excluding hydrogens is 508 g/mol. The smallest absolute Gasteiger partial charge is 0.256 e. The maximum atomic E-state index is 13.6. The van der Waals surface area contributed by atoms with Gasteiger partial charge in [-0.1, -0.05) is 6.58 Å². The molecule has 10 nitrogen and oxygen atoms in total. The molecule has 1 saturated heterocycles. The molecule has 0 unspecified atom stereocenters. The lowest BCUT2D eigenvalue weighted by Gasteiger charge is -2.31. The normalized spacial score (nSPS) is 13.3. The van der Waals surface area contributed by atoms with Gasteiger partial charge in [0.1, 0.15) is 11.6 Å². The quantitative estimate of drug-likeness (QED) is 0.312. The number of rotatable bonds is 8. The van der Waals surface area contributed by atoms with E-state index in [1.54, 1.807) is 19.2 Å².